The van der Waals surface area contributed by atoms with Gasteiger partial charge in [0.15, 0.2) is 0 Å². The number of nitrogens with two attached hydrogens (primary N) is 1. The molecule has 0 heterocycles. The molecule has 2 nitrogen and oxygen atoms in total. The molecule has 0 atom stereocenters. The Balaban J connectivity index is 2.21. The zero-order chi connectivity index (χ0) is 13.8. The van der Waals surface area contributed by atoms with Crippen molar-refractivity contribution in [3.8, 4) is 5.75 Å². The summed E-state index contributed by atoms with van der Waals surface area (Å²) in [4.78, 5) is 0. The molecule has 0 radical (unpaired) electrons. The lowest BCUT2D eigenvalue weighted by molar-refractivity contribution is 0.295. The van der Waals surface area contributed by atoms with E-state index < -0.39 is 0 Å². The van der Waals surface area contributed by atoms with Crippen molar-refractivity contribution in [2.24, 2.45) is 5.73 Å². The van der Waals surface area contributed by atoms with Crippen molar-refractivity contribution in [2.75, 3.05) is 0 Å². The molecule has 0 fully saturated rings. The van der Waals surface area contributed by atoms with Crippen LogP contribution in [0, 0.1) is 12.7 Å². The fourth-order valence-corrected chi connectivity index (χ4v) is 2.08. The molecular formula is C15H15ClFNO. The van der Waals surface area contributed by atoms with Gasteiger partial charge in [0.1, 0.15) is 18.2 Å². The SMILES string of the molecule is Cc1cccc(CN)c1OCc1cc(Cl)ccc1F. The zero-order valence-electron chi connectivity index (χ0n) is 10.6. The lowest BCUT2D eigenvalue weighted by Crippen LogP contribution is -2.05. The highest BCUT2D eigenvalue weighted by Gasteiger charge is 2.08. The summed E-state index contributed by atoms with van der Waals surface area (Å²) in [5, 5.41) is 0.490. The molecule has 2 aromatic carbocycles. The second-order valence-electron chi connectivity index (χ2n) is 4.29. The van der Waals surface area contributed by atoms with Gasteiger partial charge in [-0.3, -0.25) is 0 Å². The van der Waals surface area contributed by atoms with Gasteiger partial charge in [0, 0.05) is 22.7 Å². The predicted molar refractivity (Wildman–Crippen MR) is 74.8 cm³/mol. The highest BCUT2D eigenvalue weighted by Crippen LogP contribution is 2.25. The zero-order valence-corrected chi connectivity index (χ0v) is 11.4. The molecule has 0 aromatic heterocycles. The molecule has 2 aromatic rings. The second kappa shape index (κ2) is 6.04. The third kappa shape index (κ3) is 3.25. The minimum Gasteiger partial charge on any atom is -0.488 e. The van der Waals surface area contributed by atoms with Crippen LogP contribution in [0.15, 0.2) is 36.4 Å². The summed E-state index contributed by atoms with van der Waals surface area (Å²) in [6.45, 7) is 2.45. The topological polar surface area (TPSA) is 35.2 Å². The Morgan fingerprint density at radius 2 is 2.00 bits per heavy atom. The van der Waals surface area contributed by atoms with Gasteiger partial charge < -0.3 is 10.5 Å². The number of ether oxygens (including phenoxy) is 1. The first-order valence-corrected chi connectivity index (χ1v) is 6.35. The molecule has 0 saturated carbocycles. The standard InChI is InChI=1S/C15H15ClFNO/c1-10-3-2-4-11(8-18)15(10)19-9-12-7-13(16)5-6-14(12)17/h2-7H,8-9,18H2,1H3. The van der Waals surface area contributed by atoms with Crippen molar-refractivity contribution in [1.82, 2.24) is 0 Å². The average molecular weight is 280 g/mol. The maximum atomic E-state index is 13.6. The monoisotopic (exact) mass is 279 g/mol. The summed E-state index contributed by atoms with van der Waals surface area (Å²) >= 11 is 5.85. The van der Waals surface area contributed by atoms with E-state index in [9.17, 15) is 4.39 Å². The van der Waals surface area contributed by atoms with E-state index >= 15 is 0 Å². The lowest BCUT2D eigenvalue weighted by atomic mass is 10.1. The Morgan fingerprint density at radius 1 is 1.21 bits per heavy atom. The van der Waals surface area contributed by atoms with Gasteiger partial charge in [0.2, 0.25) is 0 Å². The first-order valence-electron chi connectivity index (χ1n) is 5.97. The normalized spacial score (nSPS) is 10.5. The van der Waals surface area contributed by atoms with Crippen LogP contribution in [-0.4, -0.2) is 0 Å². The average Bonchev–Trinajstić information content (AvgIpc) is 2.40. The van der Waals surface area contributed by atoms with Crippen molar-refractivity contribution in [3.05, 3.63) is 63.9 Å². The van der Waals surface area contributed by atoms with E-state index in [2.05, 4.69) is 0 Å². The van der Waals surface area contributed by atoms with Crippen molar-refractivity contribution >= 4 is 11.6 Å². The van der Waals surface area contributed by atoms with Gasteiger partial charge in [-0.2, -0.15) is 0 Å². The second-order valence-corrected chi connectivity index (χ2v) is 4.73. The first-order chi connectivity index (χ1) is 9.11. The van der Waals surface area contributed by atoms with Crippen LogP contribution in [0.4, 0.5) is 4.39 Å². The maximum Gasteiger partial charge on any atom is 0.129 e. The largest absolute Gasteiger partial charge is 0.488 e. The van der Waals surface area contributed by atoms with Crippen LogP contribution < -0.4 is 10.5 Å². The summed E-state index contributed by atoms with van der Waals surface area (Å²) < 4.78 is 19.3. The highest BCUT2D eigenvalue weighted by atomic mass is 35.5. The molecule has 0 unspecified atom stereocenters. The van der Waals surface area contributed by atoms with Crippen LogP contribution in [0.1, 0.15) is 16.7 Å². The predicted octanol–water partition coefficient (Wildman–Crippen LogP) is 3.83. The van der Waals surface area contributed by atoms with Gasteiger partial charge in [-0.05, 0) is 30.7 Å². The molecule has 0 aliphatic rings. The van der Waals surface area contributed by atoms with Crippen molar-refractivity contribution in [2.45, 2.75) is 20.1 Å². The molecule has 100 valence electrons. The minimum atomic E-state index is -0.327. The van der Waals surface area contributed by atoms with Gasteiger partial charge >= 0.3 is 0 Å². The summed E-state index contributed by atoms with van der Waals surface area (Å²) in [6, 6.07) is 10.2. The number of rotatable bonds is 4. The molecular weight excluding hydrogens is 265 g/mol. The van der Waals surface area contributed by atoms with Crippen LogP contribution in [0.2, 0.25) is 5.02 Å². The van der Waals surface area contributed by atoms with Gasteiger partial charge in [0.05, 0.1) is 0 Å². The molecule has 0 amide bonds. The molecule has 0 bridgehead atoms. The maximum absolute atomic E-state index is 13.6. The number of hydrogen-bond acceptors (Lipinski definition) is 2. The van der Waals surface area contributed by atoms with Crippen LogP contribution in [-0.2, 0) is 13.2 Å². The Bertz CT molecular complexity index is 586. The smallest absolute Gasteiger partial charge is 0.129 e. The van der Waals surface area contributed by atoms with E-state index in [1.807, 2.05) is 25.1 Å². The van der Waals surface area contributed by atoms with Gasteiger partial charge in [-0.1, -0.05) is 29.8 Å². The fraction of sp³-hybridized carbons (Fsp3) is 0.200. The molecule has 19 heavy (non-hydrogen) atoms. The van der Waals surface area contributed by atoms with Crippen molar-refractivity contribution < 1.29 is 9.13 Å². The van der Waals surface area contributed by atoms with E-state index in [1.54, 1.807) is 6.07 Å². The van der Waals surface area contributed by atoms with Gasteiger partial charge in [0.25, 0.3) is 0 Å². The first kappa shape index (κ1) is 13.8. The Labute approximate surface area is 117 Å². The summed E-state index contributed by atoms with van der Waals surface area (Å²) in [7, 11) is 0. The Morgan fingerprint density at radius 3 is 2.74 bits per heavy atom. The van der Waals surface area contributed by atoms with Gasteiger partial charge in [-0.15, -0.1) is 0 Å². The molecule has 0 aliphatic heterocycles. The van der Waals surface area contributed by atoms with E-state index in [0.29, 0.717) is 22.9 Å². The van der Waals surface area contributed by atoms with E-state index in [-0.39, 0.29) is 12.4 Å². The van der Waals surface area contributed by atoms with Crippen LogP contribution in [0.5, 0.6) is 5.75 Å². The van der Waals surface area contributed by atoms with Crippen molar-refractivity contribution in [3.63, 3.8) is 0 Å². The molecule has 4 heteroatoms. The molecule has 2 rings (SSSR count). The van der Waals surface area contributed by atoms with E-state index in [0.717, 1.165) is 11.1 Å². The lowest BCUT2D eigenvalue weighted by Gasteiger charge is -2.13. The fourth-order valence-electron chi connectivity index (χ4n) is 1.88. The summed E-state index contributed by atoms with van der Waals surface area (Å²) in [5.41, 5.74) is 7.98. The molecule has 2 N–H and O–H groups in total. The Kier molecular flexibility index (Phi) is 4.40. The number of hydrogen-bond donors (Lipinski definition) is 1. The van der Waals surface area contributed by atoms with Crippen molar-refractivity contribution in [1.29, 1.82) is 0 Å². The molecule has 0 spiro atoms. The minimum absolute atomic E-state index is 0.129. The highest BCUT2D eigenvalue weighted by molar-refractivity contribution is 6.30. The van der Waals surface area contributed by atoms with Crippen LogP contribution in [0.3, 0.4) is 0 Å². The quantitative estimate of drug-likeness (QED) is 0.923. The number of para-hydroxylation sites is 1. The van der Waals surface area contributed by atoms with Crippen LogP contribution >= 0.6 is 11.6 Å². The van der Waals surface area contributed by atoms with E-state index in [4.69, 9.17) is 22.1 Å². The van der Waals surface area contributed by atoms with Gasteiger partial charge in [-0.25, -0.2) is 4.39 Å². The number of benzene rings is 2. The Hall–Kier alpha value is -1.58. The van der Waals surface area contributed by atoms with Crippen LogP contribution in [0.25, 0.3) is 0 Å². The van der Waals surface area contributed by atoms with E-state index in [1.165, 1.54) is 12.1 Å². The number of halogens is 2. The summed E-state index contributed by atoms with van der Waals surface area (Å²) in [5.74, 6) is 0.386. The summed E-state index contributed by atoms with van der Waals surface area (Å²) in [6.07, 6.45) is 0. The third-order valence-corrected chi connectivity index (χ3v) is 3.13. The molecule has 0 aliphatic carbocycles. The number of aryl methyl sites for hydroxylation is 1. The molecule has 0 saturated heterocycles. The third-order valence-electron chi connectivity index (χ3n) is 2.89.